The zero-order valence-electron chi connectivity index (χ0n) is 9.56. The van der Waals surface area contributed by atoms with Gasteiger partial charge in [-0.15, -0.1) is 0 Å². The number of carboxylic acids is 1. The molecule has 0 aliphatic heterocycles. The molecule has 0 aromatic rings. The Morgan fingerprint density at radius 1 is 1.33 bits per heavy atom. The molecule has 0 unspecified atom stereocenters. The van der Waals surface area contributed by atoms with Crippen molar-refractivity contribution >= 4 is 11.9 Å². The number of hydrogen-bond donors (Lipinski definition) is 2. The van der Waals surface area contributed by atoms with Gasteiger partial charge in [0.2, 0.25) is 5.91 Å². The Morgan fingerprint density at radius 2 is 1.87 bits per heavy atom. The number of aliphatic carboxylic acids is 1. The van der Waals surface area contributed by atoms with Gasteiger partial charge in [0.05, 0.1) is 6.04 Å². The van der Waals surface area contributed by atoms with E-state index in [1.807, 2.05) is 13.8 Å². The number of hydrogen-bond acceptors (Lipinski definition) is 3. The van der Waals surface area contributed by atoms with E-state index >= 15 is 0 Å². The summed E-state index contributed by atoms with van der Waals surface area (Å²) in [6.45, 7) is 5.86. The Kier molecular flexibility index (Phi) is 5.93. The Hall–Kier alpha value is -1.10. The molecule has 1 atom stereocenters. The van der Waals surface area contributed by atoms with E-state index in [0.717, 1.165) is 0 Å². The second kappa shape index (κ2) is 6.40. The number of carboxylic acid groups (broad SMARTS) is 1. The van der Waals surface area contributed by atoms with Crippen molar-refractivity contribution in [1.29, 1.82) is 0 Å². The molecule has 0 aliphatic carbocycles. The monoisotopic (exact) mass is 216 g/mol. The summed E-state index contributed by atoms with van der Waals surface area (Å²) in [6.07, 6.45) is 0.543. The average Bonchev–Trinajstić information content (AvgIpc) is 2.10. The van der Waals surface area contributed by atoms with Crippen molar-refractivity contribution in [2.75, 3.05) is 6.54 Å². The molecule has 0 bridgehead atoms. The van der Waals surface area contributed by atoms with Crippen LogP contribution >= 0.6 is 0 Å². The zero-order valence-corrected chi connectivity index (χ0v) is 9.56. The average molecular weight is 216 g/mol. The van der Waals surface area contributed by atoms with Crippen LogP contribution in [0.5, 0.6) is 0 Å². The van der Waals surface area contributed by atoms with Crippen LogP contribution < -0.4 is 5.73 Å². The lowest BCUT2D eigenvalue weighted by molar-refractivity contribution is -0.138. The summed E-state index contributed by atoms with van der Waals surface area (Å²) in [4.78, 5) is 23.6. The molecular weight excluding hydrogens is 196 g/mol. The van der Waals surface area contributed by atoms with Gasteiger partial charge in [0.1, 0.15) is 0 Å². The quantitative estimate of drug-likeness (QED) is 0.674. The molecule has 0 saturated carbocycles. The molecule has 0 saturated heterocycles. The van der Waals surface area contributed by atoms with Crippen LogP contribution in [-0.4, -0.2) is 40.5 Å². The van der Waals surface area contributed by atoms with E-state index < -0.39 is 12.0 Å². The highest BCUT2D eigenvalue weighted by atomic mass is 16.4. The third-order valence-corrected chi connectivity index (χ3v) is 2.09. The second-order valence-electron chi connectivity index (χ2n) is 3.91. The van der Waals surface area contributed by atoms with E-state index in [2.05, 4.69) is 0 Å². The first-order valence-electron chi connectivity index (χ1n) is 5.14. The standard InChI is InChI=1S/C10H20N2O3/c1-7(2)12(10(15)8(3)11)6-4-5-9(13)14/h7-8H,4-6,11H2,1-3H3,(H,13,14)/t8-/m0/s1. The van der Waals surface area contributed by atoms with Gasteiger partial charge in [-0.05, 0) is 27.2 Å². The molecule has 0 radical (unpaired) electrons. The van der Waals surface area contributed by atoms with Crippen LogP contribution in [0.4, 0.5) is 0 Å². The normalized spacial score (nSPS) is 12.6. The molecule has 0 heterocycles. The van der Waals surface area contributed by atoms with Gasteiger partial charge in [0.15, 0.2) is 0 Å². The lowest BCUT2D eigenvalue weighted by Crippen LogP contribution is -2.46. The van der Waals surface area contributed by atoms with Gasteiger partial charge in [-0.1, -0.05) is 0 Å². The molecule has 15 heavy (non-hydrogen) atoms. The SMILES string of the molecule is CC(C)N(CCCC(=O)O)C(=O)[C@H](C)N. The maximum atomic E-state index is 11.6. The van der Waals surface area contributed by atoms with Gasteiger partial charge < -0.3 is 15.7 Å². The number of nitrogens with two attached hydrogens (primary N) is 1. The van der Waals surface area contributed by atoms with E-state index in [1.54, 1.807) is 11.8 Å². The maximum absolute atomic E-state index is 11.6. The molecule has 88 valence electrons. The van der Waals surface area contributed by atoms with E-state index in [0.29, 0.717) is 13.0 Å². The fraction of sp³-hybridized carbons (Fsp3) is 0.800. The molecular formula is C10H20N2O3. The van der Waals surface area contributed by atoms with Crippen LogP contribution in [0.25, 0.3) is 0 Å². The predicted molar refractivity (Wildman–Crippen MR) is 57.4 cm³/mol. The van der Waals surface area contributed by atoms with Gasteiger partial charge in [-0.25, -0.2) is 0 Å². The first-order chi connectivity index (χ1) is 6.86. The number of nitrogens with zero attached hydrogens (tertiary/aromatic N) is 1. The molecule has 0 rings (SSSR count). The van der Waals surface area contributed by atoms with Gasteiger partial charge >= 0.3 is 5.97 Å². The van der Waals surface area contributed by atoms with Gasteiger partial charge in [0, 0.05) is 19.0 Å². The van der Waals surface area contributed by atoms with Crippen molar-refractivity contribution in [2.45, 2.75) is 45.7 Å². The number of amides is 1. The topological polar surface area (TPSA) is 83.6 Å². The molecule has 0 aromatic heterocycles. The highest BCUT2D eigenvalue weighted by Crippen LogP contribution is 2.04. The van der Waals surface area contributed by atoms with E-state index in [9.17, 15) is 9.59 Å². The van der Waals surface area contributed by atoms with Gasteiger partial charge in [-0.3, -0.25) is 9.59 Å². The van der Waals surface area contributed by atoms with Crippen LogP contribution in [0.1, 0.15) is 33.6 Å². The largest absolute Gasteiger partial charge is 0.481 e. The molecule has 0 aromatic carbocycles. The predicted octanol–water partition coefficient (Wildman–Crippen LogP) is 0.435. The summed E-state index contributed by atoms with van der Waals surface area (Å²) >= 11 is 0. The Labute approximate surface area is 90.2 Å². The first kappa shape index (κ1) is 13.9. The molecule has 0 fully saturated rings. The molecule has 3 N–H and O–H groups in total. The molecule has 0 aliphatic rings. The summed E-state index contributed by atoms with van der Waals surface area (Å²) in [5.41, 5.74) is 5.50. The lowest BCUT2D eigenvalue weighted by Gasteiger charge is -2.28. The third-order valence-electron chi connectivity index (χ3n) is 2.09. The minimum absolute atomic E-state index is 0.0531. The van der Waals surface area contributed by atoms with Crippen molar-refractivity contribution in [1.82, 2.24) is 4.90 Å². The Balaban J connectivity index is 4.17. The number of carbonyl (C=O) groups is 2. The van der Waals surface area contributed by atoms with Crippen molar-refractivity contribution in [2.24, 2.45) is 5.73 Å². The van der Waals surface area contributed by atoms with E-state index in [1.165, 1.54) is 0 Å². The van der Waals surface area contributed by atoms with Crippen LogP contribution in [0, 0.1) is 0 Å². The van der Waals surface area contributed by atoms with Crippen molar-refractivity contribution in [3.05, 3.63) is 0 Å². The molecule has 1 amide bonds. The smallest absolute Gasteiger partial charge is 0.303 e. The molecule has 5 nitrogen and oxygen atoms in total. The van der Waals surface area contributed by atoms with Crippen molar-refractivity contribution < 1.29 is 14.7 Å². The third kappa shape index (κ3) is 5.37. The van der Waals surface area contributed by atoms with Crippen molar-refractivity contribution in [3.8, 4) is 0 Å². The summed E-state index contributed by atoms with van der Waals surface area (Å²) in [5, 5.41) is 8.48. The summed E-state index contributed by atoms with van der Waals surface area (Å²) in [5.74, 6) is -0.970. The number of carbonyl (C=O) groups excluding carboxylic acids is 1. The fourth-order valence-corrected chi connectivity index (χ4v) is 1.29. The Morgan fingerprint density at radius 3 is 2.20 bits per heavy atom. The summed E-state index contributed by atoms with van der Waals surface area (Å²) < 4.78 is 0. The molecule has 0 spiro atoms. The lowest BCUT2D eigenvalue weighted by atomic mass is 10.2. The van der Waals surface area contributed by atoms with Gasteiger partial charge in [-0.2, -0.15) is 0 Å². The summed E-state index contributed by atoms with van der Waals surface area (Å²) in [7, 11) is 0. The van der Waals surface area contributed by atoms with Crippen LogP contribution in [0.2, 0.25) is 0 Å². The zero-order chi connectivity index (χ0) is 12.0. The fourth-order valence-electron chi connectivity index (χ4n) is 1.29. The van der Waals surface area contributed by atoms with Crippen LogP contribution in [-0.2, 0) is 9.59 Å². The highest BCUT2D eigenvalue weighted by molar-refractivity contribution is 5.81. The van der Waals surface area contributed by atoms with E-state index in [-0.39, 0.29) is 18.4 Å². The van der Waals surface area contributed by atoms with Gasteiger partial charge in [0.25, 0.3) is 0 Å². The Bertz CT molecular complexity index is 227. The second-order valence-corrected chi connectivity index (χ2v) is 3.91. The van der Waals surface area contributed by atoms with Crippen LogP contribution in [0.15, 0.2) is 0 Å². The minimum atomic E-state index is -0.841. The van der Waals surface area contributed by atoms with E-state index in [4.69, 9.17) is 10.8 Å². The van der Waals surface area contributed by atoms with Crippen molar-refractivity contribution in [3.63, 3.8) is 0 Å². The molecule has 5 heteroatoms. The minimum Gasteiger partial charge on any atom is -0.481 e. The number of rotatable bonds is 6. The van der Waals surface area contributed by atoms with Crippen LogP contribution in [0.3, 0.4) is 0 Å². The summed E-state index contributed by atoms with van der Waals surface area (Å²) in [6, 6.07) is -0.477. The first-order valence-corrected chi connectivity index (χ1v) is 5.14. The maximum Gasteiger partial charge on any atom is 0.303 e. The highest BCUT2D eigenvalue weighted by Gasteiger charge is 2.19.